The van der Waals surface area contributed by atoms with Gasteiger partial charge in [0.1, 0.15) is 0 Å². The van der Waals surface area contributed by atoms with Crippen LogP contribution >= 0.6 is 11.3 Å². The summed E-state index contributed by atoms with van der Waals surface area (Å²) in [7, 11) is -3.78. The van der Waals surface area contributed by atoms with Crippen molar-refractivity contribution in [3.63, 3.8) is 0 Å². The van der Waals surface area contributed by atoms with Gasteiger partial charge in [-0.2, -0.15) is 0 Å². The zero-order valence-electron chi connectivity index (χ0n) is 22.2. The van der Waals surface area contributed by atoms with Crippen LogP contribution in [-0.4, -0.2) is 30.8 Å². The van der Waals surface area contributed by atoms with Gasteiger partial charge in [0.05, 0.1) is 33.0 Å². The van der Waals surface area contributed by atoms with Gasteiger partial charge < -0.3 is 0 Å². The Morgan fingerprint density at radius 1 is 1.00 bits per heavy atom. The summed E-state index contributed by atoms with van der Waals surface area (Å²) in [5, 5.41) is 0.570. The van der Waals surface area contributed by atoms with Gasteiger partial charge in [-0.1, -0.05) is 41.7 Å². The third-order valence-electron chi connectivity index (χ3n) is 7.10. The fourth-order valence-electron chi connectivity index (χ4n) is 5.16. The number of pyridine rings is 1. The quantitative estimate of drug-likeness (QED) is 0.240. The molecule has 0 bridgehead atoms. The fourth-order valence-corrected chi connectivity index (χ4v) is 7.84. The average Bonchev–Trinajstić information content (AvgIpc) is 3.40. The number of rotatable bonds is 6. The Hall–Kier alpha value is -4.08. The first kappa shape index (κ1) is 26.2. The number of aryl methyl sites for hydroxylation is 3. The first-order valence-electron chi connectivity index (χ1n) is 13.1. The van der Waals surface area contributed by atoms with Crippen LogP contribution in [0.4, 0.5) is 10.8 Å². The Balaban J connectivity index is 1.34. The number of aromatic nitrogens is 2. The third-order valence-corrected chi connectivity index (χ3v) is 9.95. The Morgan fingerprint density at radius 3 is 2.55 bits per heavy atom. The molecule has 3 aromatic carbocycles. The van der Waals surface area contributed by atoms with Crippen molar-refractivity contribution in [2.75, 3.05) is 15.7 Å². The van der Waals surface area contributed by atoms with Crippen molar-refractivity contribution in [1.29, 1.82) is 0 Å². The summed E-state index contributed by atoms with van der Waals surface area (Å²) in [4.78, 5) is 24.9. The van der Waals surface area contributed by atoms with E-state index in [1.165, 1.54) is 27.8 Å². The summed E-state index contributed by atoms with van der Waals surface area (Å²) in [6.45, 7) is 4.72. The van der Waals surface area contributed by atoms with Gasteiger partial charge in [0.25, 0.3) is 15.9 Å². The lowest BCUT2D eigenvalue weighted by molar-refractivity contribution is 0.0984. The van der Waals surface area contributed by atoms with Gasteiger partial charge in [0, 0.05) is 18.3 Å². The predicted octanol–water partition coefficient (Wildman–Crippen LogP) is 6.30. The van der Waals surface area contributed by atoms with E-state index in [4.69, 9.17) is 4.98 Å². The number of hydrogen-bond acceptors (Lipinski definition) is 6. The van der Waals surface area contributed by atoms with Crippen LogP contribution in [0.1, 0.15) is 39.2 Å². The van der Waals surface area contributed by atoms with Crippen LogP contribution in [-0.2, 0) is 23.0 Å². The van der Waals surface area contributed by atoms with Crippen molar-refractivity contribution >= 4 is 48.3 Å². The van der Waals surface area contributed by atoms with Gasteiger partial charge in [-0.25, -0.2) is 13.4 Å². The van der Waals surface area contributed by atoms with E-state index >= 15 is 0 Å². The predicted molar refractivity (Wildman–Crippen MR) is 160 cm³/mol. The highest BCUT2D eigenvalue weighted by Crippen LogP contribution is 2.34. The molecule has 1 aliphatic rings. The Labute approximate surface area is 237 Å². The summed E-state index contributed by atoms with van der Waals surface area (Å²) >= 11 is 1.46. The van der Waals surface area contributed by atoms with E-state index in [9.17, 15) is 13.2 Å². The number of fused-ring (bicyclic) bond motifs is 2. The number of hydrogen-bond donors (Lipinski definition) is 0. The van der Waals surface area contributed by atoms with Crippen LogP contribution in [0.15, 0.2) is 90.0 Å². The number of anilines is 2. The molecule has 0 N–H and O–H groups in total. The number of sulfonamides is 1. The lowest BCUT2D eigenvalue weighted by Crippen LogP contribution is -2.35. The zero-order chi connectivity index (χ0) is 27.9. The first-order valence-corrected chi connectivity index (χ1v) is 15.4. The molecule has 2 aromatic heterocycles. The molecule has 0 saturated carbocycles. The summed E-state index contributed by atoms with van der Waals surface area (Å²) in [6, 6.07) is 23.6. The zero-order valence-corrected chi connectivity index (χ0v) is 23.9. The normalized spacial score (nSPS) is 13.3. The van der Waals surface area contributed by atoms with Crippen molar-refractivity contribution in [3.8, 4) is 0 Å². The second-order valence-electron chi connectivity index (χ2n) is 9.97. The summed E-state index contributed by atoms with van der Waals surface area (Å²) < 4.78 is 29.7. The molecule has 3 heterocycles. The second-order valence-corrected chi connectivity index (χ2v) is 12.8. The van der Waals surface area contributed by atoms with Gasteiger partial charge in [-0.15, -0.1) is 0 Å². The largest absolute Gasteiger partial charge is 0.278 e. The highest BCUT2D eigenvalue weighted by molar-refractivity contribution is 7.92. The number of nitrogens with zero attached hydrogens (tertiary/aromatic N) is 4. The molecule has 0 atom stereocenters. The second kappa shape index (κ2) is 10.5. The SMILES string of the molecule is Cc1cc(C)c2nc(N(Cc3ccccn3)C(=O)c3ccc(S(=O)(=O)N4CCCc5ccccc54)cc3)sc2c1. The van der Waals surface area contributed by atoms with E-state index in [1.54, 1.807) is 23.2 Å². The van der Waals surface area contributed by atoms with Crippen molar-refractivity contribution in [3.05, 3.63) is 113 Å². The maximum atomic E-state index is 13.9. The highest BCUT2D eigenvalue weighted by Gasteiger charge is 2.29. The molecule has 202 valence electrons. The maximum Gasteiger partial charge on any atom is 0.264 e. The third kappa shape index (κ3) is 4.87. The molecule has 0 fully saturated rings. The van der Waals surface area contributed by atoms with Crippen molar-refractivity contribution < 1.29 is 13.2 Å². The molecule has 40 heavy (non-hydrogen) atoms. The smallest absolute Gasteiger partial charge is 0.264 e. The van der Waals surface area contributed by atoms with E-state index in [2.05, 4.69) is 17.1 Å². The van der Waals surface area contributed by atoms with E-state index in [1.807, 2.05) is 56.3 Å². The number of carbonyl (C=O) groups is 1. The van der Waals surface area contributed by atoms with E-state index in [0.29, 0.717) is 17.2 Å². The first-order chi connectivity index (χ1) is 19.3. The molecule has 5 aromatic rings. The van der Waals surface area contributed by atoms with Gasteiger partial charge in [-0.3, -0.25) is 19.0 Å². The number of para-hydroxylation sites is 1. The van der Waals surface area contributed by atoms with E-state index in [-0.39, 0.29) is 17.3 Å². The van der Waals surface area contributed by atoms with Crippen molar-refractivity contribution in [2.24, 2.45) is 0 Å². The molecule has 1 aliphatic heterocycles. The highest BCUT2D eigenvalue weighted by atomic mass is 32.2. The monoisotopic (exact) mass is 568 g/mol. The minimum Gasteiger partial charge on any atom is -0.278 e. The molecule has 1 amide bonds. The molecule has 0 radical (unpaired) electrons. The van der Waals surface area contributed by atoms with Gasteiger partial charge >= 0.3 is 0 Å². The molecule has 0 unspecified atom stereocenters. The Morgan fingerprint density at radius 2 is 1.77 bits per heavy atom. The van der Waals surface area contributed by atoms with Crippen LogP contribution < -0.4 is 9.21 Å². The number of carbonyl (C=O) groups excluding carboxylic acids is 1. The van der Waals surface area contributed by atoms with Crippen LogP contribution in [0.3, 0.4) is 0 Å². The van der Waals surface area contributed by atoms with Gasteiger partial charge in [0.15, 0.2) is 5.13 Å². The average molecular weight is 569 g/mol. The molecule has 0 spiro atoms. The molecule has 0 saturated heterocycles. The molecular weight excluding hydrogens is 541 g/mol. The van der Waals surface area contributed by atoms with Gasteiger partial charge in [0.2, 0.25) is 0 Å². The van der Waals surface area contributed by atoms with Gasteiger partial charge in [-0.05, 0) is 91.9 Å². The van der Waals surface area contributed by atoms with Crippen molar-refractivity contribution in [2.45, 2.75) is 38.1 Å². The minimum atomic E-state index is -3.78. The summed E-state index contributed by atoms with van der Waals surface area (Å²) in [5.41, 5.74) is 5.90. The maximum absolute atomic E-state index is 13.9. The Kier molecular flexibility index (Phi) is 6.85. The molecule has 9 heteroatoms. The van der Waals surface area contributed by atoms with Crippen LogP contribution in [0.2, 0.25) is 0 Å². The van der Waals surface area contributed by atoms with Crippen LogP contribution in [0, 0.1) is 13.8 Å². The standard InChI is InChI=1S/C31H28N4O3S2/c1-21-18-22(2)29-28(19-21)39-31(33-29)34(20-25-10-5-6-16-32-25)30(36)24-12-14-26(15-13-24)40(37,38)35-17-7-9-23-8-3-4-11-27(23)35/h3-6,8,10-16,18-19H,7,9,17,20H2,1-2H3. The number of amides is 1. The minimum absolute atomic E-state index is 0.156. The molecule has 0 aliphatic carbocycles. The molecule has 7 nitrogen and oxygen atoms in total. The lowest BCUT2D eigenvalue weighted by atomic mass is 10.0. The summed E-state index contributed by atoms with van der Waals surface area (Å²) in [5.74, 6) is -0.272. The Bertz CT molecular complexity index is 1820. The number of benzene rings is 3. The van der Waals surface area contributed by atoms with Crippen molar-refractivity contribution in [1.82, 2.24) is 9.97 Å². The van der Waals surface area contributed by atoms with Crippen LogP contribution in [0.25, 0.3) is 10.2 Å². The summed E-state index contributed by atoms with van der Waals surface area (Å²) in [6.07, 6.45) is 3.31. The topological polar surface area (TPSA) is 83.5 Å². The van der Waals surface area contributed by atoms with Crippen LogP contribution in [0.5, 0.6) is 0 Å². The lowest BCUT2D eigenvalue weighted by Gasteiger charge is -2.30. The fraction of sp³-hybridized carbons (Fsp3) is 0.194. The number of thiazole rings is 1. The molecule has 6 rings (SSSR count). The molecular formula is C31H28N4O3S2. The van der Waals surface area contributed by atoms with E-state index in [0.717, 1.165) is 51.1 Å². The van der Waals surface area contributed by atoms with E-state index < -0.39 is 10.0 Å².